The van der Waals surface area contributed by atoms with Gasteiger partial charge in [-0.3, -0.25) is 9.78 Å². The molecule has 1 aromatic carbocycles. The van der Waals surface area contributed by atoms with Gasteiger partial charge in [0.15, 0.2) is 0 Å². The van der Waals surface area contributed by atoms with Gasteiger partial charge in [0.05, 0.1) is 18.3 Å². The first-order valence-electron chi connectivity index (χ1n) is 6.44. The molecule has 0 unspecified atom stereocenters. The number of aromatic nitrogens is 1. The van der Waals surface area contributed by atoms with Gasteiger partial charge in [0.2, 0.25) is 5.91 Å². The molecule has 0 spiro atoms. The van der Waals surface area contributed by atoms with Crippen molar-refractivity contribution in [3.63, 3.8) is 0 Å². The highest BCUT2D eigenvalue weighted by atomic mass is 35.5. The fraction of sp³-hybridized carbons (Fsp3) is 0.333. The maximum Gasteiger partial charge on any atom is 0.221 e. The molecule has 5 heteroatoms. The Kier molecular flexibility index (Phi) is 6.25. The average molecular weight is 295 g/mol. The summed E-state index contributed by atoms with van der Waals surface area (Å²) in [5.41, 5.74) is 2.34. The quantitative estimate of drug-likeness (QED) is 0.872. The fourth-order valence-corrected chi connectivity index (χ4v) is 1.88. The van der Waals surface area contributed by atoms with Gasteiger partial charge in [-0.05, 0) is 23.8 Å². The second-order valence-corrected chi connectivity index (χ2v) is 4.17. The molecule has 0 aliphatic heterocycles. The third-order valence-corrected chi connectivity index (χ3v) is 2.83. The number of carbonyl (C=O) groups is 1. The summed E-state index contributed by atoms with van der Waals surface area (Å²) in [5.74, 6) is 0.870. The van der Waals surface area contributed by atoms with Gasteiger partial charge < -0.3 is 10.1 Å². The van der Waals surface area contributed by atoms with E-state index in [9.17, 15) is 4.79 Å². The second kappa shape index (κ2) is 7.70. The van der Waals surface area contributed by atoms with E-state index in [1.807, 2.05) is 26.0 Å². The van der Waals surface area contributed by atoms with E-state index in [0.29, 0.717) is 17.3 Å². The number of methoxy groups -OCH3 is 1. The van der Waals surface area contributed by atoms with Gasteiger partial charge in [-0.1, -0.05) is 13.8 Å². The number of pyridine rings is 1. The first-order valence-corrected chi connectivity index (χ1v) is 6.97. The van der Waals surface area contributed by atoms with Gasteiger partial charge in [-0.25, -0.2) is 0 Å². The molecular formula is C15H19ClN2O2. The predicted molar refractivity (Wildman–Crippen MR) is 83.5 cm³/mol. The van der Waals surface area contributed by atoms with Crippen molar-refractivity contribution in [2.75, 3.05) is 12.4 Å². The molecule has 0 saturated carbocycles. The van der Waals surface area contributed by atoms with Gasteiger partial charge >= 0.3 is 0 Å². The number of alkyl halides is 1. The number of anilines is 1. The average Bonchev–Trinajstić information content (AvgIpc) is 2.47. The van der Waals surface area contributed by atoms with Crippen molar-refractivity contribution in [1.29, 1.82) is 0 Å². The summed E-state index contributed by atoms with van der Waals surface area (Å²) in [6.45, 7) is 5.45. The number of nitrogens with one attached hydrogen (secondary N) is 1. The van der Waals surface area contributed by atoms with Crippen LogP contribution in [0.4, 0.5) is 5.69 Å². The highest BCUT2D eigenvalue weighted by Crippen LogP contribution is 2.29. The van der Waals surface area contributed by atoms with E-state index in [0.717, 1.165) is 16.5 Å². The lowest BCUT2D eigenvalue weighted by atomic mass is 10.1. The zero-order chi connectivity index (χ0) is 15.1. The van der Waals surface area contributed by atoms with Crippen molar-refractivity contribution in [2.45, 2.75) is 26.7 Å². The van der Waals surface area contributed by atoms with Crippen LogP contribution in [0.15, 0.2) is 24.4 Å². The van der Waals surface area contributed by atoms with Crippen molar-refractivity contribution in [3.8, 4) is 5.75 Å². The number of nitrogens with zero attached hydrogens (tertiary/aromatic N) is 1. The number of benzene rings is 1. The van der Waals surface area contributed by atoms with Crippen LogP contribution in [-0.2, 0) is 10.7 Å². The lowest BCUT2D eigenvalue weighted by molar-refractivity contribution is -0.114. The van der Waals surface area contributed by atoms with Crippen molar-refractivity contribution in [1.82, 2.24) is 4.98 Å². The Balaban J connectivity index is 0.000000956. The van der Waals surface area contributed by atoms with E-state index < -0.39 is 0 Å². The third-order valence-electron chi connectivity index (χ3n) is 2.52. The normalized spacial score (nSPS) is 9.65. The van der Waals surface area contributed by atoms with Crippen molar-refractivity contribution >= 4 is 34.1 Å². The van der Waals surface area contributed by atoms with E-state index in [1.54, 1.807) is 19.4 Å². The summed E-state index contributed by atoms with van der Waals surface area (Å²) in [6, 6.07) is 5.58. The minimum atomic E-state index is -0.148. The van der Waals surface area contributed by atoms with Crippen LogP contribution in [0.2, 0.25) is 0 Å². The van der Waals surface area contributed by atoms with Gasteiger partial charge in [-0.2, -0.15) is 0 Å². The lowest BCUT2D eigenvalue weighted by Crippen LogP contribution is -2.07. The summed E-state index contributed by atoms with van der Waals surface area (Å²) in [6.07, 6.45) is 1.72. The predicted octanol–water partition coefficient (Wildman–Crippen LogP) is 3.97. The number of ether oxygens (including phenoxy) is 1. The second-order valence-electron chi connectivity index (χ2n) is 3.90. The molecule has 4 nitrogen and oxygen atoms in total. The zero-order valence-electron chi connectivity index (χ0n) is 12.2. The minimum absolute atomic E-state index is 0.148. The van der Waals surface area contributed by atoms with E-state index in [1.165, 1.54) is 6.92 Å². The molecule has 1 heterocycles. The van der Waals surface area contributed by atoms with E-state index >= 15 is 0 Å². The fourth-order valence-electron chi connectivity index (χ4n) is 1.73. The molecule has 0 saturated heterocycles. The van der Waals surface area contributed by atoms with E-state index in [2.05, 4.69) is 10.3 Å². The molecule has 1 aromatic heterocycles. The molecule has 2 aromatic rings. The van der Waals surface area contributed by atoms with Crippen LogP contribution in [0.3, 0.4) is 0 Å². The van der Waals surface area contributed by atoms with Crippen LogP contribution < -0.4 is 10.1 Å². The zero-order valence-corrected chi connectivity index (χ0v) is 12.9. The molecule has 108 valence electrons. The van der Waals surface area contributed by atoms with Crippen molar-refractivity contribution < 1.29 is 9.53 Å². The summed E-state index contributed by atoms with van der Waals surface area (Å²) in [4.78, 5) is 15.4. The first-order chi connectivity index (χ1) is 9.63. The summed E-state index contributed by atoms with van der Waals surface area (Å²) in [7, 11) is 1.56. The summed E-state index contributed by atoms with van der Waals surface area (Å²) in [5, 5.41) is 3.64. The number of hydrogen-bond donors (Lipinski definition) is 1. The van der Waals surface area contributed by atoms with Gasteiger partial charge in [0, 0.05) is 24.4 Å². The standard InChI is InChI=1S/C13H13ClN2O2.C2H6/c1-8(17)16-12-5-11-10(4-13(12)18-2)3-9(6-14)7-15-11;1-2/h3-5,7H,6H2,1-2H3,(H,16,17);1-2H3. The molecule has 0 radical (unpaired) electrons. The highest BCUT2D eigenvalue weighted by molar-refractivity contribution is 6.17. The summed E-state index contributed by atoms with van der Waals surface area (Å²) < 4.78 is 5.25. The Morgan fingerprint density at radius 2 is 2.05 bits per heavy atom. The molecular weight excluding hydrogens is 276 g/mol. The number of carbonyl (C=O) groups excluding carboxylic acids is 1. The number of fused-ring (bicyclic) bond motifs is 1. The molecule has 0 bridgehead atoms. The molecule has 1 N–H and O–H groups in total. The molecule has 1 amide bonds. The van der Waals surface area contributed by atoms with Crippen LogP contribution in [0, 0.1) is 0 Å². The molecule has 20 heavy (non-hydrogen) atoms. The number of hydrogen-bond acceptors (Lipinski definition) is 3. The van der Waals surface area contributed by atoms with Gasteiger partial charge in [-0.15, -0.1) is 11.6 Å². The maximum absolute atomic E-state index is 11.1. The first kappa shape index (κ1) is 16.2. The van der Waals surface area contributed by atoms with Crippen molar-refractivity contribution in [3.05, 3.63) is 30.0 Å². The highest BCUT2D eigenvalue weighted by Gasteiger charge is 2.08. The lowest BCUT2D eigenvalue weighted by Gasteiger charge is -2.10. The smallest absolute Gasteiger partial charge is 0.221 e. The molecule has 2 rings (SSSR count). The SMILES string of the molecule is CC.COc1cc2cc(CCl)cnc2cc1NC(C)=O. The van der Waals surface area contributed by atoms with E-state index in [-0.39, 0.29) is 5.91 Å². The minimum Gasteiger partial charge on any atom is -0.495 e. The Bertz CT molecular complexity index is 600. The third kappa shape index (κ3) is 3.84. The maximum atomic E-state index is 11.1. The van der Waals surface area contributed by atoms with Crippen LogP contribution in [-0.4, -0.2) is 18.0 Å². The topological polar surface area (TPSA) is 51.2 Å². The van der Waals surface area contributed by atoms with Crippen LogP contribution in [0.25, 0.3) is 10.9 Å². The van der Waals surface area contributed by atoms with Gasteiger partial charge in [0.25, 0.3) is 0 Å². The molecule has 0 aliphatic rings. The van der Waals surface area contributed by atoms with E-state index in [4.69, 9.17) is 16.3 Å². The number of amides is 1. The Labute approximate surface area is 124 Å². The number of halogens is 1. The Morgan fingerprint density at radius 1 is 1.35 bits per heavy atom. The monoisotopic (exact) mass is 294 g/mol. The van der Waals surface area contributed by atoms with Crippen LogP contribution in [0.5, 0.6) is 5.75 Å². The Morgan fingerprint density at radius 3 is 2.60 bits per heavy atom. The van der Waals surface area contributed by atoms with Crippen LogP contribution in [0.1, 0.15) is 26.3 Å². The summed E-state index contributed by atoms with van der Waals surface area (Å²) >= 11 is 5.77. The Hall–Kier alpha value is -1.81. The molecule has 0 atom stereocenters. The number of rotatable bonds is 3. The largest absolute Gasteiger partial charge is 0.495 e. The molecule has 0 aliphatic carbocycles. The molecule has 0 fully saturated rings. The van der Waals surface area contributed by atoms with Crippen LogP contribution >= 0.6 is 11.6 Å². The van der Waals surface area contributed by atoms with Crippen molar-refractivity contribution in [2.24, 2.45) is 0 Å². The van der Waals surface area contributed by atoms with Gasteiger partial charge in [0.1, 0.15) is 5.75 Å².